The number of benzene rings is 3. The Hall–Kier alpha value is -3.40. The van der Waals surface area contributed by atoms with Crippen LogP contribution in [0.1, 0.15) is 30.9 Å². The van der Waals surface area contributed by atoms with Crippen molar-refractivity contribution >= 4 is 52.2 Å². The van der Waals surface area contributed by atoms with Crippen LogP contribution in [0.25, 0.3) is 17.1 Å². The number of carbonyl (C=O) groups is 1. The molecule has 1 heterocycles. The lowest BCUT2D eigenvalue weighted by Gasteiger charge is -2.17. The first-order valence-electron chi connectivity index (χ1n) is 11.3. The van der Waals surface area contributed by atoms with Crippen LogP contribution < -0.4 is 5.32 Å². The van der Waals surface area contributed by atoms with Crippen molar-refractivity contribution in [1.29, 1.82) is 0 Å². The van der Waals surface area contributed by atoms with E-state index in [1.165, 1.54) is 23.9 Å². The smallest absolute Gasteiger partial charge is 0.293 e. The summed E-state index contributed by atoms with van der Waals surface area (Å²) < 4.78 is 1.87. The lowest BCUT2D eigenvalue weighted by molar-refractivity contribution is -0.384. The molecule has 0 unspecified atom stereocenters. The Morgan fingerprint density at radius 1 is 1.11 bits per heavy atom. The van der Waals surface area contributed by atoms with Crippen LogP contribution in [0.15, 0.2) is 65.8 Å². The van der Waals surface area contributed by atoms with E-state index in [0.29, 0.717) is 26.6 Å². The topological polar surface area (TPSA) is 103 Å². The third kappa shape index (κ3) is 5.95. The summed E-state index contributed by atoms with van der Waals surface area (Å²) in [5.41, 5.74) is 3.28. The summed E-state index contributed by atoms with van der Waals surface area (Å²) in [6.45, 7) is 5.93. The molecule has 4 aromatic rings. The third-order valence-corrected chi connectivity index (χ3v) is 7.04. The molecule has 0 radical (unpaired) electrons. The van der Waals surface area contributed by atoms with E-state index >= 15 is 0 Å². The number of hydrogen-bond donors (Lipinski definition) is 1. The third-order valence-electron chi connectivity index (χ3n) is 5.56. The van der Waals surface area contributed by atoms with E-state index in [1.54, 1.807) is 31.2 Å². The van der Waals surface area contributed by atoms with E-state index in [2.05, 4.69) is 29.4 Å². The molecular weight excluding hydrogens is 533 g/mol. The van der Waals surface area contributed by atoms with Crippen LogP contribution in [-0.2, 0) is 4.79 Å². The Morgan fingerprint density at radius 3 is 2.57 bits per heavy atom. The average Bonchev–Trinajstić information content (AvgIpc) is 3.27. The number of nitrogens with zero attached hydrogens (tertiary/aromatic N) is 4. The Balaban J connectivity index is 1.69. The summed E-state index contributed by atoms with van der Waals surface area (Å²) in [7, 11) is 0. The molecular formula is C26H23Cl2N5O3S. The second-order valence-electron chi connectivity index (χ2n) is 8.59. The zero-order valence-electron chi connectivity index (χ0n) is 20.2. The van der Waals surface area contributed by atoms with Gasteiger partial charge in [-0.25, -0.2) is 0 Å². The van der Waals surface area contributed by atoms with Gasteiger partial charge in [0.15, 0.2) is 11.0 Å². The molecule has 0 bridgehead atoms. The number of amides is 1. The SMILES string of the molecule is Cc1ccc(NC(=O)CSc2nnc(-c3ccc(Cl)cc3Cl)n2-c2ccccc2C(C)C)c([N+](=O)[O-])c1. The van der Waals surface area contributed by atoms with Gasteiger partial charge in [-0.2, -0.15) is 0 Å². The van der Waals surface area contributed by atoms with Crippen LogP contribution in [0.3, 0.4) is 0 Å². The molecule has 4 rings (SSSR count). The molecule has 1 amide bonds. The molecule has 0 aliphatic carbocycles. The van der Waals surface area contributed by atoms with Crippen molar-refractivity contribution in [2.24, 2.45) is 0 Å². The first-order chi connectivity index (χ1) is 17.7. The van der Waals surface area contributed by atoms with E-state index in [-0.39, 0.29) is 23.0 Å². The van der Waals surface area contributed by atoms with Gasteiger partial charge in [-0.15, -0.1) is 10.2 Å². The van der Waals surface area contributed by atoms with Crippen molar-refractivity contribution < 1.29 is 9.72 Å². The van der Waals surface area contributed by atoms with Gasteiger partial charge >= 0.3 is 0 Å². The molecule has 190 valence electrons. The van der Waals surface area contributed by atoms with E-state index in [4.69, 9.17) is 23.2 Å². The van der Waals surface area contributed by atoms with Crippen LogP contribution >= 0.6 is 35.0 Å². The molecule has 0 aliphatic heterocycles. The molecule has 0 fully saturated rings. The predicted octanol–water partition coefficient (Wildman–Crippen LogP) is 7.31. The second kappa shape index (κ2) is 11.3. The number of rotatable bonds is 8. The standard InChI is InChI=1S/C26H23Cl2N5O3S/c1-15(2)18-6-4-5-7-22(18)32-25(19-10-9-17(27)13-20(19)28)30-31-26(32)37-14-24(34)29-21-11-8-16(3)12-23(21)33(35)36/h4-13,15H,14H2,1-3H3,(H,29,34). The number of nitro benzene ring substituents is 1. The molecule has 8 nitrogen and oxygen atoms in total. The summed E-state index contributed by atoms with van der Waals surface area (Å²) in [6, 6.07) is 17.7. The quantitative estimate of drug-likeness (QED) is 0.139. The Kier molecular flexibility index (Phi) is 8.16. The Labute approximate surface area is 228 Å². The average molecular weight is 556 g/mol. The summed E-state index contributed by atoms with van der Waals surface area (Å²) in [4.78, 5) is 23.7. The molecule has 1 N–H and O–H groups in total. The summed E-state index contributed by atoms with van der Waals surface area (Å²) in [6.07, 6.45) is 0. The van der Waals surface area contributed by atoms with E-state index < -0.39 is 10.8 Å². The predicted molar refractivity (Wildman–Crippen MR) is 148 cm³/mol. The monoisotopic (exact) mass is 555 g/mol. The zero-order valence-corrected chi connectivity index (χ0v) is 22.6. The number of halogens is 2. The van der Waals surface area contributed by atoms with Crippen LogP contribution in [-0.4, -0.2) is 31.3 Å². The van der Waals surface area contributed by atoms with Gasteiger partial charge in [0.2, 0.25) is 5.91 Å². The van der Waals surface area contributed by atoms with Gasteiger partial charge in [0.05, 0.1) is 21.4 Å². The van der Waals surface area contributed by atoms with Gasteiger partial charge in [0.1, 0.15) is 5.69 Å². The van der Waals surface area contributed by atoms with Crippen molar-refractivity contribution in [3.63, 3.8) is 0 Å². The number of para-hydroxylation sites is 1. The van der Waals surface area contributed by atoms with E-state index in [1.807, 2.05) is 28.8 Å². The maximum Gasteiger partial charge on any atom is 0.293 e. The highest BCUT2D eigenvalue weighted by Gasteiger charge is 2.22. The molecule has 0 saturated heterocycles. The number of hydrogen-bond acceptors (Lipinski definition) is 6. The maximum atomic E-state index is 12.8. The molecule has 3 aromatic carbocycles. The molecule has 0 atom stereocenters. The second-order valence-corrected chi connectivity index (χ2v) is 10.4. The zero-order chi connectivity index (χ0) is 26.7. The highest BCUT2D eigenvalue weighted by atomic mass is 35.5. The van der Waals surface area contributed by atoms with Crippen LogP contribution in [0.5, 0.6) is 0 Å². The highest BCUT2D eigenvalue weighted by molar-refractivity contribution is 7.99. The number of nitrogens with one attached hydrogen (secondary N) is 1. The normalized spacial score (nSPS) is 11.1. The van der Waals surface area contributed by atoms with Crippen molar-refractivity contribution in [1.82, 2.24) is 14.8 Å². The Morgan fingerprint density at radius 2 is 1.86 bits per heavy atom. The molecule has 0 saturated carbocycles. The van der Waals surface area contributed by atoms with Gasteiger partial charge in [0.25, 0.3) is 5.69 Å². The maximum absolute atomic E-state index is 12.8. The van der Waals surface area contributed by atoms with Crippen molar-refractivity contribution in [2.45, 2.75) is 31.8 Å². The highest BCUT2D eigenvalue weighted by Crippen LogP contribution is 2.36. The van der Waals surface area contributed by atoms with Crippen molar-refractivity contribution in [2.75, 3.05) is 11.1 Å². The van der Waals surface area contributed by atoms with Crippen molar-refractivity contribution in [3.05, 3.63) is 92.0 Å². The minimum Gasteiger partial charge on any atom is -0.320 e. The number of aryl methyl sites for hydroxylation is 1. The Bertz CT molecular complexity index is 1490. The van der Waals surface area contributed by atoms with E-state index in [9.17, 15) is 14.9 Å². The first-order valence-corrected chi connectivity index (χ1v) is 13.1. The lowest BCUT2D eigenvalue weighted by Crippen LogP contribution is -2.16. The van der Waals surface area contributed by atoms with Gasteiger partial charge in [-0.1, -0.05) is 73.1 Å². The van der Waals surface area contributed by atoms with Crippen LogP contribution in [0.2, 0.25) is 10.0 Å². The number of thioether (sulfide) groups is 1. The minimum absolute atomic E-state index is 0.0403. The van der Waals surface area contributed by atoms with Gasteiger partial charge in [0, 0.05) is 16.7 Å². The van der Waals surface area contributed by atoms with Gasteiger partial charge < -0.3 is 5.32 Å². The summed E-state index contributed by atoms with van der Waals surface area (Å²) >= 11 is 13.8. The van der Waals surface area contributed by atoms with Crippen LogP contribution in [0.4, 0.5) is 11.4 Å². The molecule has 11 heteroatoms. The summed E-state index contributed by atoms with van der Waals surface area (Å²) in [5.74, 6) is 0.262. The number of anilines is 1. The fraction of sp³-hybridized carbons (Fsp3) is 0.192. The van der Waals surface area contributed by atoms with Gasteiger partial charge in [-0.05, 0) is 54.3 Å². The fourth-order valence-corrected chi connectivity index (χ4v) is 5.06. The number of aromatic nitrogens is 3. The van der Waals surface area contributed by atoms with Crippen molar-refractivity contribution in [3.8, 4) is 17.1 Å². The molecule has 1 aromatic heterocycles. The lowest BCUT2D eigenvalue weighted by atomic mass is 10.0. The molecule has 0 aliphatic rings. The number of carbonyl (C=O) groups excluding carboxylic acids is 1. The molecule has 37 heavy (non-hydrogen) atoms. The van der Waals surface area contributed by atoms with Crippen LogP contribution in [0, 0.1) is 17.0 Å². The largest absolute Gasteiger partial charge is 0.320 e. The fourth-order valence-electron chi connectivity index (χ4n) is 3.82. The summed E-state index contributed by atoms with van der Waals surface area (Å²) in [5, 5.41) is 24.2. The number of nitro groups is 1. The van der Waals surface area contributed by atoms with Gasteiger partial charge in [-0.3, -0.25) is 19.5 Å². The first kappa shape index (κ1) is 26.7. The molecule has 0 spiro atoms. The van der Waals surface area contributed by atoms with E-state index in [0.717, 1.165) is 16.8 Å². The minimum atomic E-state index is -0.517.